The second kappa shape index (κ2) is 7.14. The molecule has 1 aromatic rings. The van der Waals surface area contributed by atoms with E-state index in [0.717, 1.165) is 44.1 Å². The molecule has 112 valence electrons. The third-order valence-corrected chi connectivity index (χ3v) is 3.97. The molecule has 1 aliphatic rings. The number of halogens is 2. The molecule has 4 heteroatoms. The van der Waals surface area contributed by atoms with E-state index in [1.165, 1.54) is 12.1 Å². The van der Waals surface area contributed by atoms with Gasteiger partial charge in [0.05, 0.1) is 0 Å². The fraction of sp³-hybridized carbons (Fsp3) is 0.625. The van der Waals surface area contributed by atoms with Crippen molar-refractivity contribution in [2.24, 2.45) is 5.92 Å². The predicted octanol–water partition coefficient (Wildman–Crippen LogP) is 3.17. The van der Waals surface area contributed by atoms with Crippen LogP contribution in [0.1, 0.15) is 32.3 Å². The Morgan fingerprint density at radius 2 is 1.95 bits per heavy atom. The Bertz CT molecular complexity index is 416. The van der Waals surface area contributed by atoms with Crippen LogP contribution in [-0.2, 0) is 6.54 Å². The lowest BCUT2D eigenvalue weighted by atomic mass is 9.93. The van der Waals surface area contributed by atoms with Crippen LogP contribution in [0, 0.1) is 17.6 Å². The highest BCUT2D eigenvalue weighted by molar-refractivity contribution is 5.17. The summed E-state index contributed by atoms with van der Waals surface area (Å²) in [6.07, 6.45) is 2.24. The molecule has 1 saturated heterocycles. The molecule has 0 aliphatic carbocycles. The molecule has 0 amide bonds. The van der Waals surface area contributed by atoms with Gasteiger partial charge in [0.15, 0.2) is 0 Å². The number of nitrogens with zero attached hydrogens (tertiary/aromatic N) is 1. The zero-order valence-corrected chi connectivity index (χ0v) is 12.3. The minimum atomic E-state index is -0.493. The molecule has 20 heavy (non-hydrogen) atoms. The lowest BCUT2D eigenvalue weighted by Crippen LogP contribution is -2.48. The first-order chi connectivity index (χ1) is 9.58. The highest BCUT2D eigenvalue weighted by atomic mass is 19.1. The quantitative estimate of drug-likeness (QED) is 0.892. The molecule has 1 fully saturated rings. The van der Waals surface area contributed by atoms with E-state index in [1.54, 1.807) is 0 Å². The maximum Gasteiger partial charge on any atom is 0.126 e. The first kappa shape index (κ1) is 15.4. The van der Waals surface area contributed by atoms with Crippen molar-refractivity contribution in [3.63, 3.8) is 0 Å². The molecular weight excluding hydrogens is 258 g/mol. The average Bonchev–Trinajstić information content (AvgIpc) is 2.36. The number of hydrogen-bond donors (Lipinski definition) is 1. The maximum atomic E-state index is 13.2. The highest BCUT2D eigenvalue weighted by Crippen LogP contribution is 2.19. The van der Waals surface area contributed by atoms with E-state index in [1.807, 2.05) is 0 Å². The summed E-state index contributed by atoms with van der Waals surface area (Å²) < 4.78 is 26.4. The Hall–Kier alpha value is -1.00. The molecule has 1 N–H and O–H groups in total. The summed E-state index contributed by atoms with van der Waals surface area (Å²) in [5, 5.41) is 3.58. The average molecular weight is 282 g/mol. The van der Waals surface area contributed by atoms with Gasteiger partial charge in [0.25, 0.3) is 0 Å². The number of benzene rings is 1. The molecule has 2 atom stereocenters. The minimum absolute atomic E-state index is 0.493. The minimum Gasteiger partial charge on any atom is -0.314 e. The van der Waals surface area contributed by atoms with E-state index < -0.39 is 11.6 Å². The van der Waals surface area contributed by atoms with Crippen molar-refractivity contribution in [1.29, 1.82) is 0 Å². The van der Waals surface area contributed by atoms with Crippen molar-refractivity contribution in [2.45, 2.75) is 39.3 Å². The summed E-state index contributed by atoms with van der Waals surface area (Å²) in [7, 11) is 0. The van der Waals surface area contributed by atoms with E-state index in [0.29, 0.717) is 18.5 Å². The summed E-state index contributed by atoms with van der Waals surface area (Å²) >= 11 is 0. The standard InChI is InChI=1S/C16H24F2N2/c1-3-5-19-16-4-6-20(10-12(16)2)11-13-7-14(17)9-15(18)8-13/h7-9,12,16,19H,3-6,10-11H2,1-2H3. The van der Waals surface area contributed by atoms with Gasteiger partial charge < -0.3 is 5.32 Å². The third-order valence-electron chi connectivity index (χ3n) is 3.97. The fourth-order valence-corrected chi connectivity index (χ4v) is 2.97. The van der Waals surface area contributed by atoms with E-state index in [-0.39, 0.29) is 0 Å². The van der Waals surface area contributed by atoms with Crippen LogP contribution in [0.4, 0.5) is 8.78 Å². The van der Waals surface area contributed by atoms with E-state index >= 15 is 0 Å². The summed E-state index contributed by atoms with van der Waals surface area (Å²) in [6.45, 7) is 8.05. The molecule has 1 heterocycles. The van der Waals surface area contributed by atoms with Gasteiger partial charge in [0, 0.05) is 25.2 Å². The van der Waals surface area contributed by atoms with Crippen molar-refractivity contribution < 1.29 is 8.78 Å². The summed E-state index contributed by atoms with van der Waals surface area (Å²) in [5.41, 5.74) is 0.717. The van der Waals surface area contributed by atoms with Crippen LogP contribution in [0.15, 0.2) is 18.2 Å². The first-order valence-electron chi connectivity index (χ1n) is 7.49. The second-order valence-corrected chi connectivity index (χ2v) is 5.84. The van der Waals surface area contributed by atoms with Gasteiger partial charge in [-0.1, -0.05) is 13.8 Å². The van der Waals surface area contributed by atoms with E-state index in [2.05, 4.69) is 24.1 Å². The number of rotatable bonds is 5. The molecule has 2 unspecified atom stereocenters. The molecule has 0 radical (unpaired) electrons. The molecule has 0 spiro atoms. The molecule has 2 rings (SSSR count). The van der Waals surface area contributed by atoms with Crippen LogP contribution in [0.3, 0.4) is 0 Å². The number of likely N-dealkylation sites (tertiary alicyclic amines) is 1. The highest BCUT2D eigenvalue weighted by Gasteiger charge is 2.25. The summed E-state index contributed by atoms with van der Waals surface area (Å²) in [5.74, 6) is -0.422. The molecule has 0 saturated carbocycles. The third kappa shape index (κ3) is 4.25. The van der Waals surface area contributed by atoms with Crippen LogP contribution < -0.4 is 5.32 Å². The van der Waals surface area contributed by atoms with Crippen molar-refractivity contribution in [2.75, 3.05) is 19.6 Å². The zero-order valence-electron chi connectivity index (χ0n) is 12.3. The van der Waals surface area contributed by atoms with Crippen LogP contribution in [-0.4, -0.2) is 30.6 Å². The first-order valence-corrected chi connectivity index (χ1v) is 7.49. The van der Waals surface area contributed by atoms with Crippen LogP contribution in [0.2, 0.25) is 0 Å². The monoisotopic (exact) mass is 282 g/mol. The van der Waals surface area contributed by atoms with Crippen molar-refractivity contribution in [1.82, 2.24) is 10.2 Å². The number of hydrogen-bond acceptors (Lipinski definition) is 2. The molecule has 1 aliphatic heterocycles. The van der Waals surface area contributed by atoms with Gasteiger partial charge in [0.2, 0.25) is 0 Å². The van der Waals surface area contributed by atoms with Crippen molar-refractivity contribution >= 4 is 0 Å². The van der Waals surface area contributed by atoms with Gasteiger partial charge >= 0.3 is 0 Å². The van der Waals surface area contributed by atoms with Gasteiger partial charge in [0.1, 0.15) is 11.6 Å². The Balaban J connectivity index is 1.89. The fourth-order valence-electron chi connectivity index (χ4n) is 2.97. The molecule has 2 nitrogen and oxygen atoms in total. The van der Waals surface area contributed by atoms with Crippen LogP contribution >= 0.6 is 0 Å². The van der Waals surface area contributed by atoms with Gasteiger partial charge in [-0.15, -0.1) is 0 Å². The van der Waals surface area contributed by atoms with Gasteiger partial charge in [-0.3, -0.25) is 4.90 Å². The molecule has 0 bridgehead atoms. The lowest BCUT2D eigenvalue weighted by Gasteiger charge is -2.37. The van der Waals surface area contributed by atoms with Crippen LogP contribution in [0.5, 0.6) is 0 Å². The Morgan fingerprint density at radius 3 is 2.55 bits per heavy atom. The summed E-state index contributed by atoms with van der Waals surface area (Å²) in [4.78, 5) is 2.28. The maximum absolute atomic E-state index is 13.2. The Kier molecular flexibility index (Phi) is 5.49. The number of nitrogens with one attached hydrogen (secondary N) is 1. The largest absolute Gasteiger partial charge is 0.314 e. The van der Waals surface area contributed by atoms with E-state index in [9.17, 15) is 8.78 Å². The molecule has 1 aromatic carbocycles. The SMILES string of the molecule is CCCNC1CCN(Cc2cc(F)cc(F)c2)CC1C. The Labute approximate surface area is 120 Å². The zero-order chi connectivity index (χ0) is 14.5. The van der Waals surface area contributed by atoms with Gasteiger partial charge in [-0.05, 0) is 49.5 Å². The topological polar surface area (TPSA) is 15.3 Å². The van der Waals surface area contributed by atoms with Crippen molar-refractivity contribution in [3.05, 3.63) is 35.4 Å². The van der Waals surface area contributed by atoms with E-state index in [4.69, 9.17) is 0 Å². The lowest BCUT2D eigenvalue weighted by molar-refractivity contribution is 0.141. The van der Waals surface area contributed by atoms with Crippen LogP contribution in [0.25, 0.3) is 0 Å². The second-order valence-electron chi connectivity index (χ2n) is 5.84. The number of piperidine rings is 1. The van der Waals surface area contributed by atoms with Gasteiger partial charge in [-0.2, -0.15) is 0 Å². The van der Waals surface area contributed by atoms with Gasteiger partial charge in [-0.25, -0.2) is 8.78 Å². The normalized spacial score (nSPS) is 24.0. The van der Waals surface area contributed by atoms with Crippen molar-refractivity contribution in [3.8, 4) is 0 Å². The predicted molar refractivity (Wildman–Crippen MR) is 77.5 cm³/mol. The summed E-state index contributed by atoms with van der Waals surface area (Å²) in [6, 6.07) is 4.34. The smallest absolute Gasteiger partial charge is 0.126 e. The molecular formula is C16H24F2N2. The molecule has 0 aromatic heterocycles. The Morgan fingerprint density at radius 1 is 1.25 bits per heavy atom.